The van der Waals surface area contributed by atoms with E-state index >= 15 is 0 Å². The molecule has 3 aromatic rings. The Labute approximate surface area is 153 Å². The molecule has 1 saturated heterocycles. The lowest BCUT2D eigenvalue weighted by atomic mass is 9.87. The molecule has 1 N–H and O–H groups in total. The van der Waals surface area contributed by atoms with Gasteiger partial charge >= 0.3 is 0 Å². The molecule has 1 aliphatic rings. The molecule has 1 aromatic carbocycles. The van der Waals surface area contributed by atoms with E-state index in [1.54, 1.807) is 0 Å². The first-order valence-electron chi connectivity index (χ1n) is 9.20. The highest BCUT2D eigenvalue weighted by molar-refractivity contribution is 5.65. The van der Waals surface area contributed by atoms with Crippen molar-refractivity contribution in [2.45, 2.75) is 25.5 Å². The zero-order valence-corrected chi connectivity index (χ0v) is 14.8. The van der Waals surface area contributed by atoms with Crippen LogP contribution in [0.1, 0.15) is 35.6 Å². The second-order valence-electron chi connectivity index (χ2n) is 7.10. The van der Waals surface area contributed by atoms with Crippen LogP contribution in [0.25, 0.3) is 5.52 Å². The number of aromatic nitrogens is 1. The highest BCUT2D eigenvalue weighted by Crippen LogP contribution is 2.31. The summed E-state index contributed by atoms with van der Waals surface area (Å²) >= 11 is 0. The summed E-state index contributed by atoms with van der Waals surface area (Å²) in [4.78, 5) is 2.39. The van der Waals surface area contributed by atoms with Gasteiger partial charge in [0.25, 0.3) is 0 Å². The fourth-order valence-electron chi connectivity index (χ4n) is 4.02. The maximum absolute atomic E-state index is 10.6. The highest BCUT2D eigenvalue weighted by Gasteiger charge is 2.26. The number of hydrogen-bond donors (Lipinski definition) is 1. The molecule has 3 heterocycles. The number of nitriles is 1. The van der Waals surface area contributed by atoms with Gasteiger partial charge in [0.15, 0.2) is 0 Å². The van der Waals surface area contributed by atoms with Crippen LogP contribution >= 0.6 is 0 Å². The van der Waals surface area contributed by atoms with Crippen LogP contribution in [0.15, 0.2) is 60.9 Å². The third-order valence-corrected chi connectivity index (χ3v) is 5.49. The Bertz CT molecular complexity index is 917. The predicted octanol–water partition coefficient (Wildman–Crippen LogP) is 3.76. The number of likely N-dealkylation sites (tertiary alicyclic amines) is 1. The van der Waals surface area contributed by atoms with Gasteiger partial charge in [-0.25, -0.2) is 0 Å². The predicted molar refractivity (Wildman–Crippen MR) is 102 cm³/mol. The van der Waals surface area contributed by atoms with Gasteiger partial charge in [-0.3, -0.25) is 4.90 Å². The van der Waals surface area contributed by atoms with Crippen LogP contribution in [0.5, 0.6) is 0 Å². The molecular formula is C22H23N3O. The number of rotatable bonds is 4. The van der Waals surface area contributed by atoms with Crippen molar-refractivity contribution in [1.82, 2.24) is 9.30 Å². The van der Waals surface area contributed by atoms with Crippen molar-refractivity contribution in [2.75, 3.05) is 13.1 Å². The van der Waals surface area contributed by atoms with E-state index in [9.17, 15) is 10.4 Å². The molecule has 4 rings (SSSR count). The van der Waals surface area contributed by atoms with Crippen LogP contribution in [-0.4, -0.2) is 27.5 Å². The lowest BCUT2D eigenvalue weighted by molar-refractivity contribution is 0.0567. The van der Waals surface area contributed by atoms with Crippen LogP contribution < -0.4 is 0 Å². The van der Waals surface area contributed by atoms with Gasteiger partial charge in [-0.15, -0.1) is 0 Å². The molecule has 4 nitrogen and oxygen atoms in total. The van der Waals surface area contributed by atoms with Crippen molar-refractivity contribution in [2.24, 2.45) is 5.92 Å². The van der Waals surface area contributed by atoms with Crippen LogP contribution in [0.2, 0.25) is 0 Å². The minimum absolute atomic E-state index is 0.303. The summed E-state index contributed by atoms with van der Waals surface area (Å²) < 4.78 is 2.03. The third-order valence-electron chi connectivity index (χ3n) is 5.49. The number of hydrogen-bond acceptors (Lipinski definition) is 3. The highest BCUT2D eigenvalue weighted by atomic mass is 16.3. The zero-order valence-electron chi connectivity index (χ0n) is 14.8. The average molecular weight is 345 g/mol. The zero-order chi connectivity index (χ0) is 17.9. The molecule has 0 radical (unpaired) electrons. The van der Waals surface area contributed by atoms with E-state index in [2.05, 4.69) is 17.2 Å². The van der Waals surface area contributed by atoms with Crippen molar-refractivity contribution in [1.29, 1.82) is 5.26 Å². The Balaban J connectivity index is 1.42. The summed E-state index contributed by atoms with van der Waals surface area (Å²) in [7, 11) is 0. The van der Waals surface area contributed by atoms with Gasteiger partial charge in [0.2, 0.25) is 0 Å². The molecule has 0 saturated carbocycles. The molecular weight excluding hydrogens is 322 g/mol. The van der Waals surface area contributed by atoms with E-state index in [1.165, 1.54) is 0 Å². The standard InChI is InChI=1S/C22H23N3O/c23-14-20-19(16-25-11-5-4-8-21(20)25)15-24-12-9-18(10-13-24)22(26)17-6-2-1-3-7-17/h1-8,11,16,18,22,26H,9-10,12-13,15H2. The normalized spacial score (nSPS) is 17.2. The molecule has 0 aliphatic carbocycles. The Morgan fingerprint density at radius 3 is 2.54 bits per heavy atom. The number of pyridine rings is 1. The van der Waals surface area contributed by atoms with Gasteiger partial charge in [-0.1, -0.05) is 36.4 Å². The van der Waals surface area contributed by atoms with Crippen LogP contribution in [0.4, 0.5) is 0 Å². The van der Waals surface area contributed by atoms with Gasteiger partial charge in [0, 0.05) is 24.5 Å². The molecule has 4 heteroatoms. The quantitative estimate of drug-likeness (QED) is 0.783. The van der Waals surface area contributed by atoms with Crippen LogP contribution in [0, 0.1) is 17.2 Å². The first kappa shape index (κ1) is 16.8. The van der Waals surface area contributed by atoms with E-state index in [0.29, 0.717) is 5.92 Å². The Morgan fingerprint density at radius 2 is 1.81 bits per heavy atom. The van der Waals surface area contributed by atoms with Crippen molar-refractivity contribution in [3.8, 4) is 6.07 Å². The summed E-state index contributed by atoms with van der Waals surface area (Å²) in [6, 6.07) is 18.3. The minimum Gasteiger partial charge on any atom is -0.388 e. The van der Waals surface area contributed by atoms with Gasteiger partial charge in [0.05, 0.1) is 17.2 Å². The third kappa shape index (κ3) is 3.24. The number of fused-ring (bicyclic) bond motifs is 1. The van der Waals surface area contributed by atoms with E-state index in [0.717, 1.165) is 54.7 Å². The van der Waals surface area contributed by atoms with E-state index in [-0.39, 0.29) is 6.10 Å². The first-order valence-corrected chi connectivity index (χ1v) is 9.20. The van der Waals surface area contributed by atoms with Crippen LogP contribution in [0.3, 0.4) is 0 Å². The van der Waals surface area contributed by atoms with Crippen LogP contribution in [-0.2, 0) is 6.54 Å². The Hall–Kier alpha value is -2.61. The second-order valence-corrected chi connectivity index (χ2v) is 7.10. The van der Waals surface area contributed by atoms with Crippen molar-refractivity contribution in [3.63, 3.8) is 0 Å². The monoisotopic (exact) mass is 345 g/mol. The maximum atomic E-state index is 10.6. The molecule has 1 unspecified atom stereocenters. The second kappa shape index (κ2) is 7.33. The summed E-state index contributed by atoms with van der Waals surface area (Å²) in [5.74, 6) is 0.303. The average Bonchev–Trinajstić information content (AvgIpc) is 3.05. The Morgan fingerprint density at radius 1 is 1.08 bits per heavy atom. The number of aliphatic hydroxyl groups excluding tert-OH is 1. The van der Waals surface area contributed by atoms with Crippen molar-refractivity contribution < 1.29 is 5.11 Å². The van der Waals surface area contributed by atoms with E-state index in [4.69, 9.17) is 0 Å². The number of nitrogens with zero attached hydrogens (tertiary/aromatic N) is 3. The number of piperidine rings is 1. The molecule has 2 aromatic heterocycles. The maximum Gasteiger partial charge on any atom is 0.102 e. The molecule has 0 bridgehead atoms. The number of aliphatic hydroxyl groups is 1. The lowest BCUT2D eigenvalue weighted by Gasteiger charge is -2.34. The summed E-state index contributed by atoms with van der Waals surface area (Å²) in [5.41, 5.74) is 3.84. The van der Waals surface area contributed by atoms with Gasteiger partial charge < -0.3 is 9.51 Å². The molecule has 1 fully saturated rings. The lowest BCUT2D eigenvalue weighted by Crippen LogP contribution is -2.35. The molecule has 0 spiro atoms. The Kier molecular flexibility index (Phi) is 4.75. The molecule has 26 heavy (non-hydrogen) atoms. The summed E-state index contributed by atoms with van der Waals surface area (Å²) in [6.07, 6.45) is 5.63. The van der Waals surface area contributed by atoms with Gasteiger partial charge in [0.1, 0.15) is 6.07 Å². The largest absolute Gasteiger partial charge is 0.388 e. The fourth-order valence-corrected chi connectivity index (χ4v) is 4.02. The minimum atomic E-state index is -0.384. The van der Waals surface area contributed by atoms with Gasteiger partial charge in [-0.05, 0) is 49.5 Å². The first-order chi connectivity index (χ1) is 12.8. The van der Waals surface area contributed by atoms with Crippen molar-refractivity contribution >= 4 is 5.52 Å². The summed E-state index contributed by atoms with van der Waals surface area (Å²) in [5, 5.41) is 20.2. The SMILES string of the molecule is N#Cc1c(CN2CCC(C(O)c3ccccc3)CC2)cn2ccccc12. The molecule has 1 aliphatic heterocycles. The molecule has 132 valence electrons. The molecule has 1 atom stereocenters. The van der Waals surface area contributed by atoms with E-state index < -0.39 is 0 Å². The smallest absolute Gasteiger partial charge is 0.102 e. The molecule has 0 amide bonds. The van der Waals surface area contributed by atoms with E-state index in [1.807, 2.05) is 59.1 Å². The number of benzene rings is 1. The van der Waals surface area contributed by atoms with Crippen molar-refractivity contribution in [3.05, 3.63) is 77.6 Å². The fraction of sp³-hybridized carbons (Fsp3) is 0.318. The topological polar surface area (TPSA) is 51.7 Å². The van der Waals surface area contributed by atoms with Gasteiger partial charge in [-0.2, -0.15) is 5.26 Å². The summed E-state index contributed by atoms with van der Waals surface area (Å²) in [6.45, 7) is 2.69.